The number of carbonyl (C=O) groups is 1. The van der Waals surface area contributed by atoms with E-state index in [0.717, 1.165) is 0 Å². The Kier molecular flexibility index (Phi) is 6.18. The first kappa shape index (κ1) is 24.7. The molecule has 2 aromatic carbocycles. The molecule has 0 unspecified atom stereocenters. The lowest BCUT2D eigenvalue weighted by atomic mass is 10.0. The fourth-order valence-electron chi connectivity index (χ4n) is 3.84. The Morgan fingerprint density at radius 2 is 1.89 bits per heavy atom. The van der Waals surface area contributed by atoms with Crippen LogP contribution in [-0.4, -0.2) is 25.6 Å². The summed E-state index contributed by atoms with van der Waals surface area (Å²) < 4.78 is 60.0. The van der Waals surface area contributed by atoms with Gasteiger partial charge in [0, 0.05) is 17.4 Å². The maximum Gasteiger partial charge on any atom is 0.416 e. The molecule has 0 saturated heterocycles. The van der Waals surface area contributed by atoms with Gasteiger partial charge in [-0.05, 0) is 49.2 Å². The molecule has 13 heteroatoms. The average molecular weight is 524 g/mol. The van der Waals surface area contributed by atoms with Gasteiger partial charge in [0.1, 0.15) is 23.9 Å². The standard InChI is InChI=1S/C25H18F4N7O2/c1-2-15-11-38-23(33-15)17-10-36-21(22(30)31-12-32-36)20(17)13-3-6-16(7-4-13)34-24(37)35-19-9-14(25(27,28)29)5-8-18(19)26/h3-12H,1-2H2,(H2,30,31,32)(H2,34,35,37). The zero-order valence-corrected chi connectivity index (χ0v) is 19.4. The van der Waals surface area contributed by atoms with E-state index in [2.05, 4.69) is 32.6 Å². The van der Waals surface area contributed by atoms with Crippen LogP contribution in [0, 0.1) is 12.7 Å². The Morgan fingerprint density at radius 3 is 2.58 bits per heavy atom. The highest BCUT2D eigenvalue weighted by atomic mass is 19.4. The number of amides is 2. The number of rotatable bonds is 5. The van der Waals surface area contributed by atoms with Crippen LogP contribution in [0.15, 0.2) is 65.7 Å². The molecule has 4 N–H and O–H groups in total. The summed E-state index contributed by atoms with van der Waals surface area (Å²) in [6.45, 7) is 3.80. The van der Waals surface area contributed by atoms with Crippen LogP contribution in [0.1, 0.15) is 11.3 Å². The number of alkyl halides is 3. The Labute approximate surface area is 212 Å². The largest absolute Gasteiger partial charge is 0.444 e. The van der Waals surface area contributed by atoms with Gasteiger partial charge >= 0.3 is 12.2 Å². The Hall–Kier alpha value is -4.94. The number of halogens is 4. The van der Waals surface area contributed by atoms with Gasteiger partial charge < -0.3 is 20.8 Å². The van der Waals surface area contributed by atoms with Crippen molar-refractivity contribution in [1.82, 2.24) is 19.6 Å². The molecule has 0 fully saturated rings. The number of anilines is 3. The van der Waals surface area contributed by atoms with Gasteiger partial charge in [0.25, 0.3) is 0 Å². The highest BCUT2D eigenvalue weighted by molar-refractivity contribution is 6.01. The van der Waals surface area contributed by atoms with E-state index in [4.69, 9.17) is 10.2 Å². The number of aromatic nitrogens is 4. The van der Waals surface area contributed by atoms with E-state index in [-0.39, 0.29) is 5.82 Å². The van der Waals surface area contributed by atoms with Gasteiger partial charge in [0.2, 0.25) is 5.89 Å². The molecule has 193 valence electrons. The number of nitrogens with two attached hydrogens (primary N) is 1. The molecule has 38 heavy (non-hydrogen) atoms. The molecule has 0 atom stereocenters. The SMILES string of the molecule is [CH2]Cc1coc(-c2cn3ncnc(N)c3c2-c2ccc(NC(=O)Nc3cc(C(F)(F)F)ccc3F)cc2)n1. The third-order valence-corrected chi connectivity index (χ3v) is 5.61. The normalized spacial score (nSPS) is 11.6. The van der Waals surface area contributed by atoms with Crippen molar-refractivity contribution in [2.45, 2.75) is 12.6 Å². The average Bonchev–Trinajstić information content (AvgIpc) is 3.51. The number of urea groups is 1. The van der Waals surface area contributed by atoms with Gasteiger partial charge in [-0.25, -0.2) is 23.7 Å². The summed E-state index contributed by atoms with van der Waals surface area (Å²) >= 11 is 0. The first-order valence-corrected chi connectivity index (χ1v) is 11.0. The molecular weight excluding hydrogens is 506 g/mol. The summed E-state index contributed by atoms with van der Waals surface area (Å²) in [6.07, 6.45) is 0.257. The number of nitrogen functional groups attached to an aromatic ring is 1. The second-order valence-electron chi connectivity index (χ2n) is 8.10. The van der Waals surface area contributed by atoms with Crippen molar-refractivity contribution < 1.29 is 26.8 Å². The van der Waals surface area contributed by atoms with Gasteiger partial charge in [-0.15, -0.1) is 0 Å². The van der Waals surface area contributed by atoms with Crippen molar-refractivity contribution in [2.75, 3.05) is 16.4 Å². The fourth-order valence-corrected chi connectivity index (χ4v) is 3.84. The van der Waals surface area contributed by atoms with Gasteiger partial charge in [-0.3, -0.25) is 0 Å². The molecule has 5 rings (SSSR count). The van der Waals surface area contributed by atoms with E-state index < -0.39 is 29.3 Å². The fraction of sp³-hybridized carbons (Fsp3) is 0.0800. The minimum atomic E-state index is -4.69. The van der Waals surface area contributed by atoms with Crippen molar-refractivity contribution in [3.63, 3.8) is 0 Å². The zero-order valence-electron chi connectivity index (χ0n) is 19.4. The van der Waals surface area contributed by atoms with Gasteiger partial charge in [-0.2, -0.15) is 18.3 Å². The van der Waals surface area contributed by atoms with E-state index >= 15 is 0 Å². The van der Waals surface area contributed by atoms with E-state index in [1.165, 1.54) is 12.6 Å². The lowest BCUT2D eigenvalue weighted by Gasteiger charge is -2.12. The minimum Gasteiger partial charge on any atom is -0.444 e. The van der Waals surface area contributed by atoms with Crippen LogP contribution in [0.2, 0.25) is 0 Å². The van der Waals surface area contributed by atoms with E-state index in [9.17, 15) is 22.4 Å². The molecule has 0 spiro atoms. The summed E-state index contributed by atoms with van der Waals surface area (Å²) in [5.74, 6) is -0.465. The van der Waals surface area contributed by atoms with Crippen LogP contribution in [0.3, 0.4) is 0 Å². The summed E-state index contributed by atoms with van der Waals surface area (Å²) in [4.78, 5) is 20.9. The number of benzene rings is 2. The second kappa shape index (κ2) is 9.50. The number of carbonyl (C=O) groups excluding carboxylic acids is 1. The summed E-state index contributed by atoms with van der Waals surface area (Å²) in [5.41, 5.74) is 7.78. The van der Waals surface area contributed by atoms with Gasteiger partial charge in [0.05, 0.1) is 22.5 Å². The molecule has 0 saturated carbocycles. The lowest BCUT2D eigenvalue weighted by Crippen LogP contribution is -2.20. The van der Waals surface area contributed by atoms with Crippen LogP contribution >= 0.6 is 0 Å². The highest BCUT2D eigenvalue weighted by Gasteiger charge is 2.31. The van der Waals surface area contributed by atoms with Crippen LogP contribution < -0.4 is 16.4 Å². The van der Waals surface area contributed by atoms with Crippen LogP contribution in [0.5, 0.6) is 0 Å². The maximum atomic E-state index is 14.0. The zero-order chi connectivity index (χ0) is 27.0. The quantitative estimate of drug-likeness (QED) is 0.249. The van der Waals surface area contributed by atoms with Crippen molar-refractivity contribution in [2.24, 2.45) is 0 Å². The second-order valence-corrected chi connectivity index (χ2v) is 8.10. The highest BCUT2D eigenvalue weighted by Crippen LogP contribution is 2.38. The monoisotopic (exact) mass is 524 g/mol. The molecule has 3 heterocycles. The number of fused-ring (bicyclic) bond motifs is 1. The lowest BCUT2D eigenvalue weighted by molar-refractivity contribution is -0.137. The molecule has 3 aromatic heterocycles. The molecule has 0 aliphatic rings. The smallest absolute Gasteiger partial charge is 0.416 e. The Balaban J connectivity index is 1.43. The molecule has 2 amide bonds. The van der Waals surface area contributed by atoms with Crippen LogP contribution in [-0.2, 0) is 12.6 Å². The third kappa shape index (κ3) is 4.73. The maximum absolute atomic E-state index is 14.0. The third-order valence-electron chi connectivity index (χ3n) is 5.61. The first-order chi connectivity index (χ1) is 18.1. The molecule has 0 bridgehead atoms. The molecular formula is C25H18F4N7O2. The van der Waals surface area contributed by atoms with Crippen molar-refractivity contribution in [3.05, 3.63) is 85.3 Å². The molecule has 0 aliphatic heterocycles. The summed E-state index contributed by atoms with van der Waals surface area (Å²) in [5, 5.41) is 8.76. The molecule has 9 nitrogen and oxygen atoms in total. The van der Waals surface area contributed by atoms with Crippen LogP contribution in [0.25, 0.3) is 28.1 Å². The van der Waals surface area contributed by atoms with E-state index in [1.54, 1.807) is 35.0 Å². The summed E-state index contributed by atoms with van der Waals surface area (Å²) in [6, 6.07) is 7.29. The Bertz CT molecular complexity index is 1640. The minimum absolute atomic E-state index is 0.217. The van der Waals surface area contributed by atoms with Gasteiger partial charge in [-0.1, -0.05) is 12.1 Å². The Morgan fingerprint density at radius 1 is 1.13 bits per heavy atom. The topological polar surface area (TPSA) is 123 Å². The van der Waals surface area contributed by atoms with Gasteiger partial charge in [0.15, 0.2) is 5.82 Å². The molecule has 5 aromatic rings. The number of hydrogen-bond donors (Lipinski definition) is 3. The number of hydrogen-bond acceptors (Lipinski definition) is 6. The van der Waals surface area contributed by atoms with Crippen molar-refractivity contribution in [3.8, 4) is 22.6 Å². The predicted octanol–water partition coefficient (Wildman–Crippen LogP) is 5.81. The van der Waals surface area contributed by atoms with Crippen LogP contribution in [0.4, 0.5) is 39.5 Å². The van der Waals surface area contributed by atoms with Crippen molar-refractivity contribution in [1.29, 1.82) is 0 Å². The number of oxazole rings is 1. The molecule has 1 radical (unpaired) electrons. The number of nitrogens with one attached hydrogen (secondary N) is 2. The number of nitrogens with zero attached hydrogens (tertiary/aromatic N) is 4. The van der Waals surface area contributed by atoms with E-state index in [0.29, 0.717) is 64.1 Å². The van der Waals surface area contributed by atoms with Crippen molar-refractivity contribution >= 4 is 28.7 Å². The molecule has 0 aliphatic carbocycles. The first-order valence-electron chi connectivity index (χ1n) is 11.0. The van der Waals surface area contributed by atoms with E-state index in [1.807, 2.05) is 0 Å². The predicted molar refractivity (Wildman–Crippen MR) is 131 cm³/mol. The summed E-state index contributed by atoms with van der Waals surface area (Å²) in [7, 11) is 0.